The maximum absolute atomic E-state index is 12.8. The van der Waals surface area contributed by atoms with E-state index in [1.165, 1.54) is 0 Å². The van der Waals surface area contributed by atoms with Crippen molar-refractivity contribution in [2.24, 2.45) is 0 Å². The Labute approximate surface area is 164 Å². The Kier molecular flexibility index (Phi) is 6.08. The highest BCUT2D eigenvalue weighted by Gasteiger charge is 2.34. The number of nitrogens with zero attached hydrogens (tertiary/aromatic N) is 2. The average molecular weight is 414 g/mol. The molecule has 0 saturated carbocycles. The summed E-state index contributed by atoms with van der Waals surface area (Å²) in [4.78, 5) is 28.6. The predicted octanol–water partition coefficient (Wildman–Crippen LogP) is 1.07. The van der Waals surface area contributed by atoms with Gasteiger partial charge in [-0.15, -0.1) is 0 Å². The number of hydrogen-bond donors (Lipinski definition) is 1. The van der Waals surface area contributed by atoms with Crippen LogP contribution >= 0.6 is 11.6 Å². The molecular formula is C18H24ClN3O4S. The van der Waals surface area contributed by atoms with Crippen molar-refractivity contribution < 1.29 is 18.0 Å². The number of para-hydroxylation sites is 1. The first-order chi connectivity index (χ1) is 12.8. The second-order valence-corrected chi connectivity index (χ2v) is 9.81. The molecule has 2 unspecified atom stereocenters. The Morgan fingerprint density at radius 1 is 1.33 bits per heavy atom. The molecule has 2 fully saturated rings. The molecule has 0 aliphatic carbocycles. The maximum atomic E-state index is 12.8. The first kappa shape index (κ1) is 20.1. The first-order valence-electron chi connectivity index (χ1n) is 9.03. The number of sulfone groups is 1. The number of carbonyl (C=O) groups excluding carboxylic acids is 2. The number of piperidine rings is 1. The third-order valence-corrected chi connectivity index (χ3v) is 7.21. The van der Waals surface area contributed by atoms with Crippen LogP contribution < -0.4 is 10.2 Å². The summed E-state index contributed by atoms with van der Waals surface area (Å²) in [6, 6.07) is 6.40. The number of likely N-dealkylation sites (N-methyl/N-ethyl adjacent to an activating group) is 1. The van der Waals surface area contributed by atoms with E-state index in [2.05, 4.69) is 5.32 Å². The second kappa shape index (κ2) is 8.16. The standard InChI is InChI=1S/C18H24ClN3O4S/c1-21(13-8-10-27(25,26)12-13)11-17(23)20-15-6-4-9-22(18(15)24)16-7-3-2-5-14(16)19/h2-3,5,7,13,15H,4,6,8-12H2,1H3,(H,20,23). The van der Waals surface area contributed by atoms with Crippen molar-refractivity contribution >= 4 is 38.9 Å². The van der Waals surface area contributed by atoms with Crippen molar-refractivity contribution in [3.05, 3.63) is 29.3 Å². The van der Waals surface area contributed by atoms with Gasteiger partial charge in [-0.2, -0.15) is 0 Å². The third-order valence-electron chi connectivity index (χ3n) is 5.14. The van der Waals surface area contributed by atoms with Crippen LogP contribution in [-0.4, -0.2) is 68.9 Å². The molecule has 1 aromatic rings. The van der Waals surface area contributed by atoms with Crippen molar-refractivity contribution in [1.29, 1.82) is 0 Å². The van der Waals surface area contributed by atoms with Crippen LogP contribution in [0.3, 0.4) is 0 Å². The SMILES string of the molecule is CN(CC(=O)NC1CCCN(c2ccccc2Cl)C1=O)C1CCS(=O)(=O)C1. The van der Waals surface area contributed by atoms with Crippen LogP contribution in [-0.2, 0) is 19.4 Å². The fourth-order valence-corrected chi connectivity index (χ4v) is 5.68. The van der Waals surface area contributed by atoms with Gasteiger partial charge in [0.25, 0.3) is 0 Å². The minimum atomic E-state index is -3.00. The molecule has 2 saturated heterocycles. The third kappa shape index (κ3) is 4.80. The van der Waals surface area contributed by atoms with Gasteiger partial charge < -0.3 is 10.2 Å². The fraction of sp³-hybridized carbons (Fsp3) is 0.556. The van der Waals surface area contributed by atoms with E-state index in [1.807, 2.05) is 6.07 Å². The van der Waals surface area contributed by atoms with Gasteiger partial charge in [0.15, 0.2) is 9.84 Å². The van der Waals surface area contributed by atoms with Gasteiger partial charge in [-0.05, 0) is 38.4 Å². The van der Waals surface area contributed by atoms with E-state index in [9.17, 15) is 18.0 Å². The number of rotatable bonds is 5. The zero-order chi connectivity index (χ0) is 19.6. The average Bonchev–Trinajstić information content (AvgIpc) is 2.98. The Morgan fingerprint density at radius 2 is 2.07 bits per heavy atom. The van der Waals surface area contributed by atoms with Crippen LogP contribution in [0.1, 0.15) is 19.3 Å². The minimum absolute atomic E-state index is 0.0655. The molecule has 9 heteroatoms. The van der Waals surface area contributed by atoms with Gasteiger partial charge in [0.1, 0.15) is 6.04 Å². The highest BCUT2D eigenvalue weighted by Crippen LogP contribution is 2.28. The second-order valence-electron chi connectivity index (χ2n) is 7.18. The molecule has 2 heterocycles. The van der Waals surface area contributed by atoms with Crippen LogP contribution in [0.15, 0.2) is 24.3 Å². The number of nitrogens with one attached hydrogen (secondary N) is 1. The summed E-state index contributed by atoms with van der Waals surface area (Å²) in [5, 5.41) is 3.30. The van der Waals surface area contributed by atoms with Crippen molar-refractivity contribution in [1.82, 2.24) is 10.2 Å². The van der Waals surface area contributed by atoms with Crippen LogP contribution in [0.5, 0.6) is 0 Å². The van der Waals surface area contributed by atoms with Crippen molar-refractivity contribution in [3.63, 3.8) is 0 Å². The van der Waals surface area contributed by atoms with Gasteiger partial charge in [-0.25, -0.2) is 8.42 Å². The molecule has 7 nitrogen and oxygen atoms in total. The summed E-state index contributed by atoms with van der Waals surface area (Å²) in [5.74, 6) is -0.202. The van der Waals surface area contributed by atoms with E-state index < -0.39 is 15.9 Å². The normalized spacial score (nSPS) is 25.0. The van der Waals surface area contributed by atoms with E-state index in [0.717, 1.165) is 6.42 Å². The van der Waals surface area contributed by atoms with Gasteiger partial charge in [-0.3, -0.25) is 14.5 Å². The monoisotopic (exact) mass is 413 g/mol. The molecule has 2 amide bonds. The molecule has 2 atom stereocenters. The van der Waals surface area contributed by atoms with Gasteiger partial charge in [0, 0.05) is 12.6 Å². The predicted molar refractivity (Wildman–Crippen MR) is 105 cm³/mol. The number of carbonyl (C=O) groups is 2. The molecule has 0 spiro atoms. The summed E-state index contributed by atoms with van der Waals surface area (Å²) in [7, 11) is -1.26. The number of amides is 2. The molecule has 2 aliphatic heterocycles. The van der Waals surface area contributed by atoms with Gasteiger partial charge >= 0.3 is 0 Å². The molecule has 0 aromatic heterocycles. The van der Waals surface area contributed by atoms with Crippen molar-refractivity contribution in [3.8, 4) is 0 Å². The van der Waals surface area contributed by atoms with E-state index in [1.54, 1.807) is 35.0 Å². The molecule has 148 valence electrons. The molecule has 0 radical (unpaired) electrons. The van der Waals surface area contributed by atoms with Gasteiger partial charge in [-0.1, -0.05) is 23.7 Å². The van der Waals surface area contributed by atoms with E-state index in [-0.39, 0.29) is 35.9 Å². The lowest BCUT2D eigenvalue weighted by Crippen LogP contribution is -2.54. The summed E-state index contributed by atoms with van der Waals surface area (Å²) in [6.07, 6.45) is 1.88. The topological polar surface area (TPSA) is 86.8 Å². The molecular weight excluding hydrogens is 390 g/mol. The van der Waals surface area contributed by atoms with Crippen LogP contribution in [0.4, 0.5) is 5.69 Å². The zero-order valence-corrected chi connectivity index (χ0v) is 16.8. The smallest absolute Gasteiger partial charge is 0.249 e. The molecule has 2 aliphatic rings. The Hall–Kier alpha value is -1.64. The number of hydrogen-bond acceptors (Lipinski definition) is 5. The number of benzene rings is 1. The lowest BCUT2D eigenvalue weighted by molar-refractivity contribution is -0.129. The lowest BCUT2D eigenvalue weighted by Gasteiger charge is -2.33. The molecule has 1 N–H and O–H groups in total. The largest absolute Gasteiger partial charge is 0.343 e. The van der Waals surface area contributed by atoms with E-state index in [0.29, 0.717) is 30.1 Å². The van der Waals surface area contributed by atoms with Crippen LogP contribution in [0.25, 0.3) is 0 Å². The highest BCUT2D eigenvalue weighted by molar-refractivity contribution is 7.91. The summed E-state index contributed by atoms with van der Waals surface area (Å²) in [6.45, 7) is 0.630. The van der Waals surface area contributed by atoms with Crippen molar-refractivity contribution in [2.45, 2.75) is 31.3 Å². The fourth-order valence-electron chi connectivity index (χ4n) is 3.64. The Morgan fingerprint density at radius 3 is 2.74 bits per heavy atom. The lowest BCUT2D eigenvalue weighted by atomic mass is 10.0. The molecule has 3 rings (SSSR count). The molecule has 0 bridgehead atoms. The number of halogens is 1. The summed E-state index contributed by atoms with van der Waals surface area (Å²) in [5.41, 5.74) is 0.649. The quantitative estimate of drug-likeness (QED) is 0.780. The van der Waals surface area contributed by atoms with Crippen LogP contribution in [0.2, 0.25) is 5.02 Å². The van der Waals surface area contributed by atoms with Gasteiger partial charge in [0.05, 0.1) is 28.8 Å². The number of anilines is 1. The maximum Gasteiger partial charge on any atom is 0.249 e. The van der Waals surface area contributed by atoms with E-state index >= 15 is 0 Å². The summed E-state index contributed by atoms with van der Waals surface area (Å²) >= 11 is 6.20. The van der Waals surface area contributed by atoms with Crippen molar-refractivity contribution in [2.75, 3.05) is 36.5 Å². The van der Waals surface area contributed by atoms with E-state index in [4.69, 9.17) is 11.6 Å². The zero-order valence-electron chi connectivity index (χ0n) is 15.2. The van der Waals surface area contributed by atoms with Gasteiger partial charge in [0.2, 0.25) is 11.8 Å². The Balaban J connectivity index is 1.59. The molecule has 1 aromatic carbocycles. The Bertz CT molecular complexity index is 830. The van der Waals surface area contributed by atoms with Crippen LogP contribution in [0, 0.1) is 0 Å². The highest BCUT2D eigenvalue weighted by atomic mass is 35.5. The minimum Gasteiger partial charge on any atom is -0.343 e. The first-order valence-corrected chi connectivity index (χ1v) is 11.2. The summed E-state index contributed by atoms with van der Waals surface area (Å²) < 4.78 is 23.2. The molecule has 27 heavy (non-hydrogen) atoms.